The predicted octanol–water partition coefficient (Wildman–Crippen LogP) is 5.03. The van der Waals surface area contributed by atoms with E-state index < -0.39 is 0 Å². The molecule has 8 heteroatoms. The zero-order valence-electron chi connectivity index (χ0n) is 21.7. The highest BCUT2D eigenvalue weighted by Gasteiger charge is 2.35. The first-order valence-electron chi connectivity index (χ1n) is 13.4. The quantitative estimate of drug-likeness (QED) is 0.282. The molecule has 2 aromatic heterocycles. The van der Waals surface area contributed by atoms with Crippen LogP contribution in [0, 0.1) is 5.92 Å². The number of hydrogen-bond acceptors (Lipinski definition) is 6. The Morgan fingerprint density at radius 3 is 2.56 bits per heavy atom. The number of imidazole rings is 1. The van der Waals surface area contributed by atoms with Crippen LogP contribution in [0.15, 0.2) is 71.5 Å². The van der Waals surface area contributed by atoms with Crippen LogP contribution in [0.1, 0.15) is 23.2 Å². The fourth-order valence-electron chi connectivity index (χ4n) is 6.18. The first-order chi connectivity index (χ1) is 19.1. The van der Waals surface area contributed by atoms with E-state index in [1.54, 1.807) is 12.1 Å². The van der Waals surface area contributed by atoms with Crippen molar-refractivity contribution in [2.24, 2.45) is 5.92 Å². The van der Waals surface area contributed by atoms with Crippen LogP contribution >= 0.6 is 0 Å². The molecule has 0 radical (unpaired) electrons. The fourth-order valence-corrected chi connectivity index (χ4v) is 6.18. The highest BCUT2D eigenvalue weighted by Crippen LogP contribution is 2.37. The molecule has 3 aliphatic heterocycles. The van der Waals surface area contributed by atoms with Gasteiger partial charge in [0, 0.05) is 18.0 Å². The van der Waals surface area contributed by atoms with Gasteiger partial charge in [-0.1, -0.05) is 36.4 Å². The Bertz CT molecular complexity index is 1750. The predicted molar refractivity (Wildman–Crippen MR) is 153 cm³/mol. The van der Waals surface area contributed by atoms with Gasteiger partial charge in [0.1, 0.15) is 11.4 Å². The average molecular weight is 520 g/mol. The normalized spacial score (nSPS) is 20.4. The van der Waals surface area contributed by atoms with Gasteiger partial charge in [-0.3, -0.25) is 4.79 Å². The standard InChI is InChI=1S/C31H29N5O3/c1-39-31(38)21-6-4-5-19(15-21)20-9-10-22-25(16-20)35-30(37)27(29-33-23-7-2-3-8-24(23)34-29)28(22)32-26-17-36-13-11-18(26)12-14-36/h2-10,15-16,18,26H,11-14,17H2,1H3,(H,33,34)(H2,32,35,37)/t26-/m0/s1. The summed E-state index contributed by atoms with van der Waals surface area (Å²) < 4.78 is 4.89. The Labute approximate surface area is 225 Å². The number of carbonyl (C=O) groups is 1. The Balaban J connectivity index is 1.38. The Morgan fingerprint density at radius 1 is 0.974 bits per heavy atom. The summed E-state index contributed by atoms with van der Waals surface area (Å²) in [5.41, 5.74) is 5.81. The summed E-state index contributed by atoms with van der Waals surface area (Å²) in [7, 11) is 1.37. The summed E-state index contributed by atoms with van der Waals surface area (Å²) in [5.74, 6) is 0.747. The molecule has 5 aromatic rings. The minimum absolute atomic E-state index is 0.203. The molecule has 3 aromatic carbocycles. The lowest BCUT2D eigenvalue weighted by molar-refractivity contribution is 0.0601. The van der Waals surface area contributed by atoms with E-state index in [9.17, 15) is 9.59 Å². The maximum atomic E-state index is 13.7. The molecule has 3 aliphatic rings. The third-order valence-electron chi connectivity index (χ3n) is 8.24. The Hall–Kier alpha value is -4.43. The number of aromatic nitrogens is 3. The highest BCUT2D eigenvalue weighted by molar-refractivity contribution is 6.01. The second-order valence-corrected chi connectivity index (χ2v) is 10.5. The number of methoxy groups -OCH3 is 1. The van der Waals surface area contributed by atoms with Gasteiger partial charge in [0.15, 0.2) is 0 Å². The molecule has 2 bridgehead atoms. The summed E-state index contributed by atoms with van der Waals surface area (Å²) in [6.07, 6.45) is 2.33. The topological polar surface area (TPSA) is 103 Å². The van der Waals surface area contributed by atoms with E-state index in [-0.39, 0.29) is 17.6 Å². The van der Waals surface area contributed by atoms with Gasteiger partial charge in [-0.15, -0.1) is 0 Å². The molecular weight excluding hydrogens is 490 g/mol. The van der Waals surface area contributed by atoms with Gasteiger partial charge in [0.25, 0.3) is 5.56 Å². The third-order valence-corrected chi connectivity index (χ3v) is 8.24. The van der Waals surface area contributed by atoms with Gasteiger partial charge in [-0.05, 0) is 73.3 Å². The van der Waals surface area contributed by atoms with Gasteiger partial charge in [0.05, 0.1) is 34.9 Å². The fraction of sp³-hybridized carbons (Fsp3) is 0.258. The van der Waals surface area contributed by atoms with E-state index in [2.05, 4.69) is 20.2 Å². The van der Waals surface area contributed by atoms with E-state index in [1.165, 1.54) is 20.0 Å². The molecule has 3 saturated heterocycles. The SMILES string of the molecule is COC(=O)c1cccc(-c2ccc3c(N[C@H]4CN5CCC4CC5)c(-c4nc5ccccc5[nH]4)c(=O)[nH]c3c2)c1. The second-order valence-electron chi connectivity index (χ2n) is 10.5. The first kappa shape index (κ1) is 23.7. The van der Waals surface area contributed by atoms with Crippen molar-refractivity contribution in [2.75, 3.05) is 32.1 Å². The van der Waals surface area contributed by atoms with Gasteiger partial charge >= 0.3 is 5.97 Å². The van der Waals surface area contributed by atoms with Crippen molar-refractivity contribution in [1.29, 1.82) is 0 Å². The lowest BCUT2D eigenvalue weighted by atomic mass is 9.83. The summed E-state index contributed by atoms with van der Waals surface area (Å²) in [6, 6.07) is 21.4. The van der Waals surface area contributed by atoms with E-state index in [1.807, 2.05) is 54.6 Å². The molecule has 0 saturated carbocycles. The number of H-pyrrole nitrogens is 2. The largest absolute Gasteiger partial charge is 0.465 e. The van der Waals surface area contributed by atoms with Crippen LogP contribution in [-0.2, 0) is 4.74 Å². The zero-order valence-corrected chi connectivity index (χ0v) is 21.7. The van der Waals surface area contributed by atoms with Crippen LogP contribution in [0.25, 0.3) is 44.5 Å². The second kappa shape index (κ2) is 9.39. The maximum Gasteiger partial charge on any atom is 0.337 e. The van der Waals surface area contributed by atoms with Gasteiger partial charge < -0.3 is 24.9 Å². The van der Waals surface area contributed by atoms with Crippen LogP contribution in [0.2, 0.25) is 0 Å². The molecule has 0 amide bonds. The van der Waals surface area contributed by atoms with E-state index in [4.69, 9.17) is 9.72 Å². The van der Waals surface area contributed by atoms with Crippen molar-refractivity contribution < 1.29 is 9.53 Å². The van der Waals surface area contributed by atoms with Crippen LogP contribution in [0.4, 0.5) is 5.69 Å². The number of rotatable bonds is 5. The van der Waals surface area contributed by atoms with Crippen molar-refractivity contribution in [3.63, 3.8) is 0 Å². The summed E-state index contributed by atoms with van der Waals surface area (Å²) in [4.78, 5) is 39.6. The molecule has 0 spiro atoms. The highest BCUT2D eigenvalue weighted by atomic mass is 16.5. The first-order valence-corrected chi connectivity index (χ1v) is 13.4. The molecule has 8 nitrogen and oxygen atoms in total. The molecule has 39 heavy (non-hydrogen) atoms. The third kappa shape index (κ3) is 4.17. The number of carbonyl (C=O) groups excluding carboxylic acids is 1. The number of hydrogen-bond donors (Lipinski definition) is 3. The van der Waals surface area contributed by atoms with Gasteiger partial charge in [-0.25, -0.2) is 9.78 Å². The van der Waals surface area contributed by atoms with Crippen LogP contribution in [0.3, 0.4) is 0 Å². The number of para-hydroxylation sites is 2. The average Bonchev–Trinajstić information content (AvgIpc) is 3.41. The zero-order chi connectivity index (χ0) is 26.5. The lowest BCUT2D eigenvalue weighted by Crippen LogP contribution is -2.53. The molecular formula is C31H29N5O3. The van der Waals surface area contributed by atoms with Crippen LogP contribution < -0.4 is 10.9 Å². The number of nitrogens with zero attached hydrogens (tertiary/aromatic N) is 2. The Morgan fingerprint density at radius 2 is 1.79 bits per heavy atom. The minimum Gasteiger partial charge on any atom is -0.465 e. The maximum absolute atomic E-state index is 13.7. The Kier molecular flexibility index (Phi) is 5.70. The number of nitrogens with one attached hydrogen (secondary N) is 3. The van der Waals surface area contributed by atoms with Crippen molar-refractivity contribution in [2.45, 2.75) is 18.9 Å². The molecule has 1 atom stereocenters. The molecule has 0 aliphatic carbocycles. The number of anilines is 1. The number of benzene rings is 3. The van der Waals surface area contributed by atoms with E-state index >= 15 is 0 Å². The lowest BCUT2D eigenvalue weighted by Gasteiger charge is -2.45. The number of fused-ring (bicyclic) bond motifs is 5. The van der Waals surface area contributed by atoms with Crippen molar-refractivity contribution in [3.05, 3.63) is 82.6 Å². The summed E-state index contributed by atoms with van der Waals surface area (Å²) in [6.45, 7) is 3.25. The number of esters is 1. The monoisotopic (exact) mass is 519 g/mol. The smallest absolute Gasteiger partial charge is 0.337 e. The molecule has 8 rings (SSSR count). The molecule has 196 valence electrons. The van der Waals surface area contributed by atoms with Gasteiger partial charge in [0.2, 0.25) is 0 Å². The number of aromatic amines is 2. The van der Waals surface area contributed by atoms with Crippen molar-refractivity contribution >= 4 is 33.6 Å². The van der Waals surface area contributed by atoms with Crippen LogP contribution in [0.5, 0.6) is 0 Å². The van der Waals surface area contributed by atoms with Crippen molar-refractivity contribution in [3.8, 4) is 22.5 Å². The molecule has 3 fully saturated rings. The van der Waals surface area contributed by atoms with E-state index in [0.717, 1.165) is 58.4 Å². The van der Waals surface area contributed by atoms with Crippen molar-refractivity contribution in [1.82, 2.24) is 19.9 Å². The number of ether oxygens (including phenoxy) is 1. The summed E-state index contributed by atoms with van der Waals surface area (Å²) in [5, 5.41) is 4.74. The summed E-state index contributed by atoms with van der Waals surface area (Å²) >= 11 is 0. The molecule has 3 N–H and O–H groups in total. The number of pyridine rings is 1. The number of piperidine rings is 3. The molecule has 0 unspecified atom stereocenters. The van der Waals surface area contributed by atoms with E-state index in [0.29, 0.717) is 22.9 Å². The van der Waals surface area contributed by atoms with Crippen LogP contribution in [-0.4, -0.2) is 58.6 Å². The minimum atomic E-state index is -0.384. The van der Waals surface area contributed by atoms with Gasteiger partial charge in [-0.2, -0.15) is 0 Å². The molecule has 5 heterocycles.